The van der Waals surface area contributed by atoms with Crippen LogP contribution < -0.4 is 15.1 Å². The molecule has 1 atom stereocenters. The topological polar surface area (TPSA) is 81.6 Å². The van der Waals surface area contributed by atoms with Gasteiger partial charge in [0, 0.05) is 24.8 Å². The van der Waals surface area contributed by atoms with Gasteiger partial charge >= 0.3 is 12.2 Å². The molecule has 2 amide bonds. The Kier molecular flexibility index (Phi) is 4.97. The van der Waals surface area contributed by atoms with Crippen LogP contribution in [-0.2, 0) is 6.18 Å². The standard InChI is InChI=1S/C23H20F3N5O2/c24-23(25,26)16-5-3-4-15(12-16)17-7-8-18-20(28-17)31(22(14-32)9-11-30(18)13-22)21(33)29-19-6-1-2-10-27-19/h1-8,10,12,32H,9,11,13-14H2,(H,27,29,33)/t22-/m0/s1. The van der Waals surface area contributed by atoms with Crippen molar-refractivity contribution < 1.29 is 23.1 Å². The lowest BCUT2D eigenvalue weighted by atomic mass is 9.95. The molecule has 33 heavy (non-hydrogen) atoms. The summed E-state index contributed by atoms with van der Waals surface area (Å²) in [6.07, 6.45) is -2.41. The van der Waals surface area contributed by atoms with Gasteiger partial charge in [-0.2, -0.15) is 13.2 Å². The number of carbonyl (C=O) groups is 1. The summed E-state index contributed by atoms with van der Waals surface area (Å²) < 4.78 is 39.7. The van der Waals surface area contributed by atoms with Crippen LogP contribution in [0.4, 0.5) is 35.3 Å². The molecule has 0 spiro atoms. The highest BCUT2D eigenvalue weighted by atomic mass is 19.4. The van der Waals surface area contributed by atoms with E-state index < -0.39 is 23.3 Å². The highest BCUT2D eigenvalue weighted by Gasteiger charge is 2.51. The number of hydrogen-bond acceptors (Lipinski definition) is 5. The molecule has 3 aromatic rings. The van der Waals surface area contributed by atoms with E-state index >= 15 is 0 Å². The van der Waals surface area contributed by atoms with Crippen LogP contribution in [0.2, 0.25) is 0 Å². The first-order valence-corrected chi connectivity index (χ1v) is 10.4. The van der Waals surface area contributed by atoms with Crippen LogP contribution in [0.15, 0.2) is 60.8 Å². The lowest BCUT2D eigenvalue weighted by Crippen LogP contribution is -2.60. The number of benzene rings is 1. The van der Waals surface area contributed by atoms with Crippen LogP contribution in [0.1, 0.15) is 12.0 Å². The fourth-order valence-corrected chi connectivity index (χ4v) is 4.45. The van der Waals surface area contributed by atoms with Crippen molar-refractivity contribution >= 4 is 23.4 Å². The van der Waals surface area contributed by atoms with E-state index in [4.69, 9.17) is 0 Å². The Labute approximate surface area is 187 Å². The molecule has 5 rings (SSSR count). The van der Waals surface area contributed by atoms with Crippen LogP contribution in [0.5, 0.6) is 0 Å². The zero-order chi connectivity index (χ0) is 23.2. The summed E-state index contributed by atoms with van der Waals surface area (Å²) in [7, 11) is 0. The number of amides is 2. The Balaban J connectivity index is 1.59. The van der Waals surface area contributed by atoms with Crippen LogP contribution in [-0.4, -0.2) is 46.3 Å². The zero-order valence-corrected chi connectivity index (χ0v) is 17.4. The molecule has 2 aliphatic rings. The summed E-state index contributed by atoms with van der Waals surface area (Å²) >= 11 is 0. The Morgan fingerprint density at radius 1 is 1.15 bits per heavy atom. The fraction of sp³-hybridized carbons (Fsp3) is 0.261. The number of fused-ring (bicyclic) bond motifs is 4. The smallest absolute Gasteiger partial charge is 0.394 e. The Hall–Kier alpha value is -3.66. The fourth-order valence-electron chi connectivity index (χ4n) is 4.45. The van der Waals surface area contributed by atoms with Crippen molar-refractivity contribution in [2.75, 3.05) is 34.8 Å². The average molecular weight is 455 g/mol. The van der Waals surface area contributed by atoms with E-state index in [-0.39, 0.29) is 18.0 Å². The van der Waals surface area contributed by atoms with Crippen LogP contribution in [0, 0.1) is 0 Å². The number of aromatic nitrogens is 2. The molecule has 10 heteroatoms. The van der Waals surface area contributed by atoms with Crippen molar-refractivity contribution in [1.29, 1.82) is 0 Å². The maximum atomic E-state index is 13.4. The van der Waals surface area contributed by atoms with Gasteiger partial charge in [0.2, 0.25) is 0 Å². The number of anilines is 3. The predicted molar refractivity (Wildman–Crippen MR) is 117 cm³/mol. The Morgan fingerprint density at radius 3 is 2.73 bits per heavy atom. The normalized spacial score (nSPS) is 19.4. The molecule has 1 fully saturated rings. The van der Waals surface area contributed by atoms with E-state index in [0.717, 1.165) is 12.1 Å². The van der Waals surface area contributed by atoms with Crippen molar-refractivity contribution in [3.8, 4) is 11.3 Å². The third-order valence-corrected chi connectivity index (χ3v) is 6.10. The van der Waals surface area contributed by atoms with Gasteiger partial charge in [0.15, 0.2) is 5.82 Å². The zero-order valence-electron chi connectivity index (χ0n) is 17.4. The number of halogens is 3. The number of urea groups is 1. The average Bonchev–Trinajstić information content (AvgIpc) is 3.19. The summed E-state index contributed by atoms with van der Waals surface area (Å²) in [5.74, 6) is 0.628. The van der Waals surface area contributed by atoms with Crippen molar-refractivity contribution in [2.45, 2.75) is 18.1 Å². The first-order valence-electron chi connectivity index (χ1n) is 10.4. The molecule has 0 saturated carbocycles. The lowest BCUT2D eigenvalue weighted by Gasteiger charge is -2.43. The van der Waals surface area contributed by atoms with Gasteiger partial charge in [0.25, 0.3) is 0 Å². The number of nitrogens with one attached hydrogen (secondary N) is 1. The van der Waals surface area contributed by atoms with E-state index in [0.29, 0.717) is 36.7 Å². The number of aliphatic hydroxyl groups excluding tert-OH is 1. The monoisotopic (exact) mass is 455 g/mol. The summed E-state index contributed by atoms with van der Waals surface area (Å²) in [6, 6.07) is 12.9. The van der Waals surface area contributed by atoms with Gasteiger partial charge in [-0.3, -0.25) is 10.2 Å². The molecule has 2 aliphatic heterocycles. The number of pyridine rings is 2. The van der Waals surface area contributed by atoms with Crippen molar-refractivity contribution in [3.05, 3.63) is 66.4 Å². The second-order valence-electron chi connectivity index (χ2n) is 8.15. The number of aliphatic hydroxyl groups is 1. The van der Waals surface area contributed by atoms with E-state index in [1.54, 1.807) is 42.6 Å². The van der Waals surface area contributed by atoms with E-state index in [1.165, 1.54) is 11.0 Å². The van der Waals surface area contributed by atoms with Crippen molar-refractivity contribution in [2.24, 2.45) is 0 Å². The van der Waals surface area contributed by atoms with Gasteiger partial charge in [-0.15, -0.1) is 0 Å². The molecule has 170 valence electrons. The maximum Gasteiger partial charge on any atom is 0.416 e. The number of alkyl halides is 3. The molecule has 0 unspecified atom stereocenters. The van der Waals surface area contributed by atoms with Crippen molar-refractivity contribution in [1.82, 2.24) is 9.97 Å². The van der Waals surface area contributed by atoms with Crippen LogP contribution >= 0.6 is 0 Å². The highest BCUT2D eigenvalue weighted by Crippen LogP contribution is 2.45. The minimum atomic E-state index is -4.48. The van der Waals surface area contributed by atoms with Gasteiger partial charge < -0.3 is 10.0 Å². The number of hydrogen-bond donors (Lipinski definition) is 2. The first-order chi connectivity index (χ1) is 15.8. The third kappa shape index (κ3) is 3.66. The Morgan fingerprint density at radius 2 is 2.00 bits per heavy atom. The summed E-state index contributed by atoms with van der Waals surface area (Å²) in [6.45, 7) is 0.760. The van der Waals surface area contributed by atoms with Gasteiger partial charge in [0.1, 0.15) is 5.82 Å². The van der Waals surface area contributed by atoms with Crippen LogP contribution in [0.25, 0.3) is 11.3 Å². The summed E-state index contributed by atoms with van der Waals surface area (Å²) in [4.78, 5) is 25.6. The highest BCUT2D eigenvalue weighted by molar-refractivity contribution is 6.05. The van der Waals surface area contributed by atoms with Gasteiger partial charge in [0.05, 0.1) is 29.1 Å². The van der Waals surface area contributed by atoms with E-state index in [2.05, 4.69) is 15.3 Å². The predicted octanol–water partition coefficient (Wildman–Crippen LogP) is 4.16. The molecule has 0 radical (unpaired) electrons. The minimum Gasteiger partial charge on any atom is -0.394 e. The largest absolute Gasteiger partial charge is 0.416 e. The number of nitrogens with zero attached hydrogens (tertiary/aromatic N) is 4. The van der Waals surface area contributed by atoms with Gasteiger partial charge in [-0.05, 0) is 42.8 Å². The molecule has 0 aliphatic carbocycles. The molecule has 1 aromatic carbocycles. The summed E-state index contributed by atoms with van der Waals surface area (Å²) in [5.41, 5.74) is -0.413. The number of carbonyl (C=O) groups excluding carboxylic acids is 1. The SMILES string of the molecule is O=C(Nc1ccccn1)N1c2nc(-c3cccc(C(F)(F)F)c3)ccc2N2CC[C@@]1(CO)C2. The van der Waals surface area contributed by atoms with Crippen LogP contribution in [0.3, 0.4) is 0 Å². The third-order valence-electron chi connectivity index (χ3n) is 6.10. The van der Waals surface area contributed by atoms with E-state index in [9.17, 15) is 23.1 Å². The second kappa shape index (κ2) is 7.73. The minimum absolute atomic E-state index is 0.281. The Bertz CT molecular complexity index is 1200. The number of rotatable bonds is 3. The van der Waals surface area contributed by atoms with Gasteiger partial charge in [-0.25, -0.2) is 14.8 Å². The molecule has 1 saturated heterocycles. The molecule has 2 aromatic heterocycles. The van der Waals surface area contributed by atoms with E-state index in [1.807, 2.05) is 4.90 Å². The second-order valence-corrected chi connectivity index (χ2v) is 8.15. The first kappa shape index (κ1) is 21.2. The van der Waals surface area contributed by atoms with Gasteiger partial charge in [-0.1, -0.05) is 18.2 Å². The molecular formula is C23H20F3N5O2. The molecular weight excluding hydrogens is 435 g/mol. The molecule has 7 nitrogen and oxygen atoms in total. The van der Waals surface area contributed by atoms with Crippen molar-refractivity contribution in [3.63, 3.8) is 0 Å². The molecule has 4 heterocycles. The molecule has 2 bridgehead atoms. The molecule has 2 N–H and O–H groups in total. The lowest BCUT2D eigenvalue weighted by molar-refractivity contribution is -0.137. The maximum absolute atomic E-state index is 13.4. The summed E-state index contributed by atoms with van der Waals surface area (Å²) in [5, 5.41) is 13.0. The quantitative estimate of drug-likeness (QED) is 0.620.